The zero-order valence-electron chi connectivity index (χ0n) is 12.1. The molecule has 0 bridgehead atoms. The molecule has 1 atom stereocenters. The summed E-state index contributed by atoms with van der Waals surface area (Å²) < 4.78 is 5.56. The van der Waals surface area contributed by atoms with E-state index in [0.717, 1.165) is 25.9 Å². The van der Waals surface area contributed by atoms with Gasteiger partial charge in [-0.2, -0.15) is 0 Å². The molecule has 0 aliphatic carbocycles. The Morgan fingerprint density at radius 2 is 2.29 bits per heavy atom. The number of rotatable bonds is 5. The molecule has 2 amide bonds. The zero-order valence-corrected chi connectivity index (χ0v) is 13.6. The van der Waals surface area contributed by atoms with Gasteiger partial charge in [0.2, 0.25) is 0 Å². The van der Waals surface area contributed by atoms with Crippen molar-refractivity contribution in [1.82, 2.24) is 10.2 Å². The van der Waals surface area contributed by atoms with Crippen molar-refractivity contribution < 1.29 is 9.53 Å². The maximum atomic E-state index is 11.9. The average Bonchev–Trinajstić information content (AvgIpc) is 2.87. The topological polar surface area (TPSA) is 41.6 Å². The first-order valence-electron chi connectivity index (χ1n) is 7.17. The second-order valence-corrected chi connectivity index (χ2v) is 6.19. The molecule has 1 aliphatic rings. The van der Waals surface area contributed by atoms with Gasteiger partial charge in [-0.25, -0.2) is 4.79 Å². The molecule has 0 saturated carbocycles. The van der Waals surface area contributed by atoms with Gasteiger partial charge in [0.1, 0.15) is 5.75 Å². The van der Waals surface area contributed by atoms with Crippen LogP contribution >= 0.6 is 23.2 Å². The standard InChI is InChI=1S/C15H20Cl2N2O2/c1-11-5-7-19(10-11)15(20)18-6-2-8-21-14-4-3-12(16)9-13(14)17/h3-4,9,11H,2,5-8,10H2,1H3,(H,18,20). The smallest absolute Gasteiger partial charge is 0.317 e. The Labute approximate surface area is 135 Å². The first-order valence-corrected chi connectivity index (χ1v) is 7.92. The van der Waals surface area contributed by atoms with Crippen LogP contribution in [0.15, 0.2) is 18.2 Å². The number of carbonyl (C=O) groups excluding carboxylic acids is 1. The number of nitrogens with one attached hydrogen (secondary N) is 1. The SMILES string of the molecule is CC1CCN(C(=O)NCCCOc2ccc(Cl)cc2Cl)C1. The van der Waals surface area contributed by atoms with Gasteiger partial charge < -0.3 is 15.0 Å². The highest BCUT2D eigenvalue weighted by Gasteiger charge is 2.22. The molecular formula is C15H20Cl2N2O2. The molecule has 0 spiro atoms. The quantitative estimate of drug-likeness (QED) is 0.834. The minimum Gasteiger partial charge on any atom is -0.492 e. The summed E-state index contributed by atoms with van der Waals surface area (Å²) in [4.78, 5) is 13.7. The zero-order chi connectivity index (χ0) is 15.2. The van der Waals surface area contributed by atoms with Crippen molar-refractivity contribution in [2.24, 2.45) is 5.92 Å². The lowest BCUT2D eigenvalue weighted by atomic mass is 10.2. The number of likely N-dealkylation sites (tertiary alicyclic amines) is 1. The van der Waals surface area contributed by atoms with E-state index in [0.29, 0.717) is 34.9 Å². The fourth-order valence-corrected chi connectivity index (χ4v) is 2.74. The summed E-state index contributed by atoms with van der Waals surface area (Å²) in [5, 5.41) is 3.99. The van der Waals surface area contributed by atoms with Gasteiger partial charge in [-0.05, 0) is 37.0 Å². The van der Waals surface area contributed by atoms with E-state index in [4.69, 9.17) is 27.9 Å². The Morgan fingerprint density at radius 3 is 2.95 bits per heavy atom. The third kappa shape index (κ3) is 4.97. The highest BCUT2D eigenvalue weighted by atomic mass is 35.5. The summed E-state index contributed by atoms with van der Waals surface area (Å²) in [6, 6.07) is 5.15. The van der Waals surface area contributed by atoms with E-state index in [-0.39, 0.29) is 6.03 Å². The predicted molar refractivity (Wildman–Crippen MR) is 85.3 cm³/mol. The minimum absolute atomic E-state index is 0.0175. The van der Waals surface area contributed by atoms with Gasteiger partial charge in [0.25, 0.3) is 0 Å². The van der Waals surface area contributed by atoms with Crippen LogP contribution in [0.2, 0.25) is 10.0 Å². The van der Waals surface area contributed by atoms with E-state index in [2.05, 4.69) is 12.2 Å². The van der Waals surface area contributed by atoms with Gasteiger partial charge in [-0.15, -0.1) is 0 Å². The normalized spacial score (nSPS) is 17.9. The van der Waals surface area contributed by atoms with Gasteiger partial charge in [0.15, 0.2) is 0 Å². The number of nitrogens with zero attached hydrogens (tertiary/aromatic N) is 1. The van der Waals surface area contributed by atoms with Crippen LogP contribution in [0.3, 0.4) is 0 Å². The Hall–Kier alpha value is -1.13. The summed E-state index contributed by atoms with van der Waals surface area (Å²) in [6.45, 7) is 4.95. The van der Waals surface area contributed by atoms with Crippen LogP contribution in [0, 0.1) is 5.92 Å². The Morgan fingerprint density at radius 1 is 1.48 bits per heavy atom. The Balaban J connectivity index is 1.62. The molecular weight excluding hydrogens is 311 g/mol. The fourth-order valence-electron chi connectivity index (χ4n) is 2.27. The molecule has 4 nitrogen and oxygen atoms in total. The van der Waals surface area contributed by atoms with E-state index < -0.39 is 0 Å². The second-order valence-electron chi connectivity index (χ2n) is 5.35. The Bertz CT molecular complexity index is 497. The Kier molecular flexibility index (Phi) is 6.00. The fraction of sp³-hybridized carbons (Fsp3) is 0.533. The molecule has 1 unspecified atom stereocenters. The van der Waals surface area contributed by atoms with E-state index in [9.17, 15) is 4.79 Å². The first-order chi connectivity index (χ1) is 10.1. The number of urea groups is 1. The van der Waals surface area contributed by atoms with E-state index in [1.807, 2.05) is 4.90 Å². The third-order valence-electron chi connectivity index (χ3n) is 3.46. The highest BCUT2D eigenvalue weighted by molar-refractivity contribution is 6.35. The molecule has 1 aromatic rings. The van der Waals surface area contributed by atoms with Crippen LogP contribution in [-0.2, 0) is 0 Å². The number of amides is 2. The molecule has 2 rings (SSSR count). The lowest BCUT2D eigenvalue weighted by molar-refractivity contribution is 0.206. The minimum atomic E-state index is 0.0175. The maximum Gasteiger partial charge on any atom is 0.317 e. The molecule has 116 valence electrons. The molecule has 6 heteroatoms. The average molecular weight is 331 g/mol. The second kappa shape index (κ2) is 7.76. The molecule has 21 heavy (non-hydrogen) atoms. The van der Waals surface area contributed by atoms with E-state index in [1.54, 1.807) is 18.2 Å². The lowest BCUT2D eigenvalue weighted by Gasteiger charge is -2.16. The first kappa shape index (κ1) is 16.2. The van der Waals surface area contributed by atoms with Crippen molar-refractivity contribution in [3.63, 3.8) is 0 Å². The molecule has 0 aromatic heterocycles. The largest absolute Gasteiger partial charge is 0.492 e. The summed E-state index contributed by atoms with van der Waals surface area (Å²) in [5.41, 5.74) is 0. The van der Waals surface area contributed by atoms with Crippen molar-refractivity contribution in [3.05, 3.63) is 28.2 Å². The van der Waals surface area contributed by atoms with Crippen molar-refractivity contribution in [2.75, 3.05) is 26.2 Å². The summed E-state index contributed by atoms with van der Waals surface area (Å²) in [6.07, 6.45) is 1.82. The van der Waals surface area contributed by atoms with Crippen LogP contribution in [0.5, 0.6) is 5.75 Å². The van der Waals surface area contributed by atoms with Crippen molar-refractivity contribution >= 4 is 29.2 Å². The van der Waals surface area contributed by atoms with Gasteiger partial charge in [-0.3, -0.25) is 0 Å². The molecule has 1 fully saturated rings. The van der Waals surface area contributed by atoms with Crippen LogP contribution in [0.1, 0.15) is 19.8 Å². The number of hydrogen-bond donors (Lipinski definition) is 1. The molecule has 1 aromatic carbocycles. The third-order valence-corrected chi connectivity index (χ3v) is 3.99. The molecule has 1 aliphatic heterocycles. The number of halogens is 2. The van der Waals surface area contributed by atoms with Crippen molar-refractivity contribution in [2.45, 2.75) is 19.8 Å². The monoisotopic (exact) mass is 330 g/mol. The number of hydrogen-bond acceptors (Lipinski definition) is 2. The number of benzene rings is 1. The van der Waals surface area contributed by atoms with E-state index in [1.165, 1.54) is 0 Å². The molecule has 1 heterocycles. The summed E-state index contributed by atoms with van der Waals surface area (Å²) in [7, 11) is 0. The van der Waals surface area contributed by atoms with Crippen LogP contribution in [0.25, 0.3) is 0 Å². The summed E-state index contributed by atoms with van der Waals surface area (Å²) >= 11 is 11.8. The maximum absolute atomic E-state index is 11.9. The van der Waals surface area contributed by atoms with Gasteiger partial charge in [0, 0.05) is 24.7 Å². The number of carbonyl (C=O) groups is 1. The predicted octanol–water partition coefficient (Wildman–Crippen LogP) is 3.81. The van der Waals surface area contributed by atoms with Gasteiger partial charge in [-0.1, -0.05) is 30.1 Å². The van der Waals surface area contributed by atoms with E-state index >= 15 is 0 Å². The van der Waals surface area contributed by atoms with Crippen molar-refractivity contribution in [1.29, 1.82) is 0 Å². The molecule has 1 saturated heterocycles. The van der Waals surface area contributed by atoms with Crippen molar-refractivity contribution in [3.8, 4) is 5.75 Å². The summed E-state index contributed by atoms with van der Waals surface area (Å²) in [5.74, 6) is 1.21. The molecule has 1 N–H and O–H groups in total. The molecule has 0 radical (unpaired) electrons. The van der Waals surface area contributed by atoms with Crippen LogP contribution in [-0.4, -0.2) is 37.2 Å². The number of ether oxygens (including phenoxy) is 1. The van der Waals surface area contributed by atoms with Gasteiger partial charge in [0.05, 0.1) is 11.6 Å². The highest BCUT2D eigenvalue weighted by Crippen LogP contribution is 2.27. The van der Waals surface area contributed by atoms with Gasteiger partial charge >= 0.3 is 6.03 Å². The van der Waals surface area contributed by atoms with Crippen LogP contribution in [0.4, 0.5) is 4.79 Å². The lowest BCUT2D eigenvalue weighted by Crippen LogP contribution is -2.39. The van der Waals surface area contributed by atoms with Crippen LogP contribution < -0.4 is 10.1 Å².